The molecule has 1 fully saturated rings. The van der Waals surface area contributed by atoms with Crippen LogP contribution in [0.2, 0.25) is 0 Å². The predicted octanol–water partition coefficient (Wildman–Crippen LogP) is 2.61. The quantitative estimate of drug-likeness (QED) is 0.656. The molecule has 0 aliphatic heterocycles. The maximum absolute atomic E-state index is 10.4. The fourth-order valence-corrected chi connectivity index (χ4v) is 2.40. The Labute approximate surface area is 75.8 Å². The highest BCUT2D eigenvalue weighted by Gasteiger charge is 2.19. The van der Waals surface area contributed by atoms with Crippen LogP contribution in [0.5, 0.6) is 0 Å². The van der Waals surface area contributed by atoms with E-state index in [1.807, 2.05) is 6.07 Å². The first-order valence-corrected chi connectivity index (χ1v) is 5.09. The lowest BCUT2D eigenvalue weighted by Gasteiger charge is -2.01. The van der Waals surface area contributed by atoms with Gasteiger partial charge in [0.05, 0.1) is 10.6 Å². The van der Waals surface area contributed by atoms with Crippen molar-refractivity contribution in [2.24, 2.45) is 0 Å². The van der Waals surface area contributed by atoms with Crippen LogP contribution in [0.4, 0.5) is 0 Å². The molecule has 2 nitrogen and oxygen atoms in total. The SMILES string of the molecule is O=Cc1cc(C2CCCC2)ns1. The van der Waals surface area contributed by atoms with E-state index in [-0.39, 0.29) is 0 Å². The molecule has 2 rings (SSSR count). The van der Waals surface area contributed by atoms with Gasteiger partial charge in [-0.1, -0.05) is 12.8 Å². The van der Waals surface area contributed by atoms with Crippen LogP contribution in [0.15, 0.2) is 6.07 Å². The van der Waals surface area contributed by atoms with Crippen molar-refractivity contribution in [3.05, 3.63) is 16.6 Å². The summed E-state index contributed by atoms with van der Waals surface area (Å²) in [6.45, 7) is 0. The van der Waals surface area contributed by atoms with Crippen molar-refractivity contribution in [3.63, 3.8) is 0 Å². The summed E-state index contributed by atoms with van der Waals surface area (Å²) in [6.07, 6.45) is 6.03. The zero-order valence-corrected chi connectivity index (χ0v) is 7.64. The summed E-state index contributed by atoms with van der Waals surface area (Å²) in [5, 5.41) is 0. The van der Waals surface area contributed by atoms with Gasteiger partial charge in [-0.25, -0.2) is 0 Å². The first kappa shape index (κ1) is 7.92. The summed E-state index contributed by atoms with van der Waals surface area (Å²) in [5.74, 6) is 0.634. The van der Waals surface area contributed by atoms with E-state index in [0.717, 1.165) is 16.9 Å². The number of hydrogen-bond donors (Lipinski definition) is 0. The van der Waals surface area contributed by atoms with E-state index in [0.29, 0.717) is 5.92 Å². The molecule has 0 N–H and O–H groups in total. The van der Waals surface area contributed by atoms with Crippen molar-refractivity contribution in [2.75, 3.05) is 0 Å². The van der Waals surface area contributed by atoms with Gasteiger partial charge in [-0.3, -0.25) is 4.79 Å². The average molecular weight is 181 g/mol. The first-order chi connectivity index (χ1) is 5.90. The maximum atomic E-state index is 10.4. The molecule has 1 aromatic heterocycles. The fourth-order valence-electron chi connectivity index (χ4n) is 1.77. The summed E-state index contributed by atoms with van der Waals surface area (Å²) in [6, 6.07) is 1.94. The molecule has 0 bridgehead atoms. The van der Waals surface area contributed by atoms with E-state index in [1.165, 1.54) is 37.2 Å². The Kier molecular flexibility index (Phi) is 2.21. The molecule has 0 amide bonds. The standard InChI is InChI=1S/C9H11NOS/c11-6-8-5-9(10-12-8)7-3-1-2-4-7/h5-7H,1-4H2. The number of nitrogens with zero attached hydrogens (tertiary/aromatic N) is 1. The van der Waals surface area contributed by atoms with Crippen molar-refractivity contribution in [2.45, 2.75) is 31.6 Å². The van der Waals surface area contributed by atoms with E-state index in [2.05, 4.69) is 4.37 Å². The third-order valence-electron chi connectivity index (χ3n) is 2.44. The highest BCUT2D eigenvalue weighted by Crippen LogP contribution is 2.34. The predicted molar refractivity (Wildman–Crippen MR) is 48.7 cm³/mol. The third kappa shape index (κ3) is 1.41. The van der Waals surface area contributed by atoms with Crippen LogP contribution in [0.25, 0.3) is 0 Å². The molecule has 1 saturated carbocycles. The molecule has 0 saturated heterocycles. The smallest absolute Gasteiger partial charge is 0.161 e. The molecule has 0 radical (unpaired) electrons. The van der Waals surface area contributed by atoms with E-state index >= 15 is 0 Å². The maximum Gasteiger partial charge on any atom is 0.161 e. The highest BCUT2D eigenvalue weighted by atomic mass is 32.1. The molecule has 1 aliphatic carbocycles. The number of aromatic nitrogens is 1. The summed E-state index contributed by atoms with van der Waals surface area (Å²) in [7, 11) is 0. The second kappa shape index (κ2) is 3.35. The van der Waals surface area contributed by atoms with Crippen LogP contribution in [0.3, 0.4) is 0 Å². The molecule has 1 aromatic rings. The van der Waals surface area contributed by atoms with Gasteiger partial charge in [0.1, 0.15) is 0 Å². The van der Waals surface area contributed by atoms with Crippen LogP contribution >= 0.6 is 11.5 Å². The summed E-state index contributed by atoms with van der Waals surface area (Å²) in [4.78, 5) is 11.2. The van der Waals surface area contributed by atoms with E-state index in [9.17, 15) is 4.79 Å². The van der Waals surface area contributed by atoms with Crippen molar-refractivity contribution in [1.29, 1.82) is 0 Å². The molecule has 1 heterocycles. The molecule has 3 heteroatoms. The molecular formula is C9H11NOS. The second-order valence-electron chi connectivity index (χ2n) is 3.25. The molecule has 64 valence electrons. The Morgan fingerprint density at radius 3 is 2.83 bits per heavy atom. The molecular weight excluding hydrogens is 170 g/mol. The number of hydrogen-bond acceptors (Lipinski definition) is 3. The summed E-state index contributed by atoms with van der Waals surface area (Å²) < 4.78 is 4.28. The van der Waals surface area contributed by atoms with Gasteiger partial charge in [-0.15, -0.1) is 0 Å². The number of aldehydes is 1. The van der Waals surface area contributed by atoms with Gasteiger partial charge in [-0.2, -0.15) is 4.37 Å². The van der Waals surface area contributed by atoms with Gasteiger partial charge in [-0.05, 0) is 30.4 Å². The number of carbonyl (C=O) groups is 1. The second-order valence-corrected chi connectivity index (χ2v) is 4.09. The summed E-state index contributed by atoms with van der Waals surface area (Å²) >= 11 is 1.32. The Bertz CT molecular complexity index is 276. The van der Waals surface area contributed by atoms with Gasteiger partial charge < -0.3 is 0 Å². The van der Waals surface area contributed by atoms with Crippen LogP contribution < -0.4 is 0 Å². The van der Waals surface area contributed by atoms with Gasteiger partial charge in [0.2, 0.25) is 0 Å². The van der Waals surface area contributed by atoms with E-state index < -0.39 is 0 Å². The number of carbonyl (C=O) groups excluding carboxylic acids is 1. The van der Waals surface area contributed by atoms with Crippen molar-refractivity contribution in [1.82, 2.24) is 4.37 Å². The summed E-state index contributed by atoms with van der Waals surface area (Å²) in [5.41, 5.74) is 1.14. The molecule has 12 heavy (non-hydrogen) atoms. The first-order valence-electron chi connectivity index (χ1n) is 4.32. The highest BCUT2D eigenvalue weighted by molar-refractivity contribution is 7.07. The lowest BCUT2D eigenvalue weighted by Crippen LogP contribution is -1.90. The van der Waals surface area contributed by atoms with Crippen molar-refractivity contribution in [3.8, 4) is 0 Å². The zero-order valence-electron chi connectivity index (χ0n) is 6.82. The fraction of sp³-hybridized carbons (Fsp3) is 0.556. The Balaban J connectivity index is 2.16. The Morgan fingerprint density at radius 2 is 2.25 bits per heavy atom. The lowest BCUT2D eigenvalue weighted by atomic mass is 10.0. The van der Waals surface area contributed by atoms with Crippen molar-refractivity contribution < 1.29 is 4.79 Å². The largest absolute Gasteiger partial charge is 0.297 e. The lowest BCUT2D eigenvalue weighted by molar-refractivity contribution is 0.112. The third-order valence-corrected chi connectivity index (χ3v) is 3.16. The Hall–Kier alpha value is -0.700. The molecule has 0 unspecified atom stereocenters. The number of rotatable bonds is 2. The molecule has 1 aliphatic rings. The van der Waals surface area contributed by atoms with E-state index in [1.54, 1.807) is 0 Å². The van der Waals surface area contributed by atoms with Gasteiger partial charge in [0.25, 0.3) is 0 Å². The van der Waals surface area contributed by atoms with Crippen LogP contribution in [-0.4, -0.2) is 10.7 Å². The van der Waals surface area contributed by atoms with Gasteiger partial charge in [0.15, 0.2) is 6.29 Å². The normalized spacial score (nSPS) is 18.3. The minimum Gasteiger partial charge on any atom is -0.297 e. The minimum absolute atomic E-state index is 0.634. The topological polar surface area (TPSA) is 30.0 Å². The Morgan fingerprint density at radius 1 is 1.50 bits per heavy atom. The molecule has 0 spiro atoms. The zero-order chi connectivity index (χ0) is 8.39. The minimum atomic E-state index is 0.634. The van der Waals surface area contributed by atoms with Crippen LogP contribution in [0.1, 0.15) is 47.0 Å². The molecule has 0 aromatic carbocycles. The van der Waals surface area contributed by atoms with Crippen LogP contribution in [-0.2, 0) is 0 Å². The van der Waals surface area contributed by atoms with Crippen molar-refractivity contribution >= 4 is 17.8 Å². The van der Waals surface area contributed by atoms with Gasteiger partial charge >= 0.3 is 0 Å². The van der Waals surface area contributed by atoms with Gasteiger partial charge in [0, 0.05) is 5.92 Å². The monoisotopic (exact) mass is 181 g/mol. The van der Waals surface area contributed by atoms with E-state index in [4.69, 9.17) is 0 Å². The average Bonchev–Trinajstić information content (AvgIpc) is 2.75. The van der Waals surface area contributed by atoms with Crippen LogP contribution in [0, 0.1) is 0 Å². The molecule has 0 atom stereocenters.